The molecule has 1 aliphatic heterocycles. The van der Waals surface area contributed by atoms with Crippen LogP contribution in [0.4, 0.5) is 0 Å². The Morgan fingerprint density at radius 3 is 2.68 bits per heavy atom. The summed E-state index contributed by atoms with van der Waals surface area (Å²) >= 11 is 4.51. The fourth-order valence-electron chi connectivity index (χ4n) is 6.17. The zero-order chi connectivity index (χ0) is 20.3. The first kappa shape index (κ1) is 19.6. The lowest BCUT2D eigenvalue weighted by Gasteiger charge is -2.61. The Labute approximate surface area is 169 Å². The average Bonchev–Trinajstić information content (AvgIpc) is 3.18. The van der Waals surface area contributed by atoms with Gasteiger partial charge in [-0.25, -0.2) is 0 Å². The third-order valence-electron chi connectivity index (χ3n) is 7.52. The molecule has 0 radical (unpaired) electrons. The van der Waals surface area contributed by atoms with Gasteiger partial charge in [-0.1, -0.05) is 13.8 Å². The van der Waals surface area contributed by atoms with Gasteiger partial charge in [0.1, 0.15) is 11.9 Å². The van der Waals surface area contributed by atoms with Gasteiger partial charge >= 0.3 is 11.9 Å². The second-order valence-electron chi connectivity index (χ2n) is 8.95. The predicted molar refractivity (Wildman–Crippen MR) is 102 cm³/mol. The fourth-order valence-corrected chi connectivity index (χ4v) is 6.53. The summed E-state index contributed by atoms with van der Waals surface area (Å²) in [6.45, 7) is 4.01. The average molecular weight is 407 g/mol. The molecule has 0 unspecified atom stereocenters. The van der Waals surface area contributed by atoms with Crippen LogP contribution in [0, 0.1) is 28.6 Å². The van der Waals surface area contributed by atoms with E-state index in [0.29, 0.717) is 25.7 Å². The molecule has 7 atom stereocenters. The van der Waals surface area contributed by atoms with Gasteiger partial charge in [0.05, 0.1) is 36.7 Å². The monoisotopic (exact) mass is 406 g/mol. The third kappa shape index (κ3) is 2.65. The number of Topliss-reactive ketones (excluding diaryl/α,β-unsaturated/α-hetero) is 1. The minimum Gasteiger partial charge on any atom is -0.472 e. The van der Waals surface area contributed by atoms with Gasteiger partial charge in [-0.2, -0.15) is 12.6 Å². The molecular weight excluding hydrogens is 380 g/mol. The normalized spacial score (nSPS) is 42.9. The number of carbonyl (C=O) groups excluding carboxylic acids is 3. The minimum absolute atomic E-state index is 0.0267. The maximum atomic E-state index is 13.4. The van der Waals surface area contributed by atoms with Gasteiger partial charge in [0, 0.05) is 11.5 Å². The summed E-state index contributed by atoms with van der Waals surface area (Å²) in [7, 11) is 1.38. The Morgan fingerprint density at radius 2 is 2.04 bits per heavy atom. The van der Waals surface area contributed by atoms with Crippen LogP contribution < -0.4 is 0 Å². The van der Waals surface area contributed by atoms with Crippen molar-refractivity contribution in [2.24, 2.45) is 28.6 Å². The molecule has 2 aliphatic carbocycles. The van der Waals surface area contributed by atoms with Gasteiger partial charge in [0.2, 0.25) is 0 Å². The minimum atomic E-state index is -0.616. The maximum Gasteiger partial charge on any atom is 0.310 e. The molecule has 0 spiro atoms. The van der Waals surface area contributed by atoms with Crippen LogP contribution in [0.2, 0.25) is 0 Å². The van der Waals surface area contributed by atoms with Crippen LogP contribution in [0.5, 0.6) is 0 Å². The van der Waals surface area contributed by atoms with E-state index >= 15 is 0 Å². The van der Waals surface area contributed by atoms with Crippen molar-refractivity contribution in [2.75, 3.05) is 7.11 Å². The summed E-state index contributed by atoms with van der Waals surface area (Å²) in [4.78, 5) is 38.9. The largest absolute Gasteiger partial charge is 0.472 e. The van der Waals surface area contributed by atoms with Crippen LogP contribution in [0.25, 0.3) is 0 Å². The number of rotatable bonds is 2. The van der Waals surface area contributed by atoms with Gasteiger partial charge in [-0.3, -0.25) is 14.4 Å². The fraction of sp³-hybridized carbons (Fsp3) is 0.667. The molecule has 0 bridgehead atoms. The van der Waals surface area contributed by atoms with E-state index in [2.05, 4.69) is 12.6 Å². The van der Waals surface area contributed by atoms with Gasteiger partial charge in [0.15, 0.2) is 0 Å². The molecular formula is C21H26O6S. The van der Waals surface area contributed by atoms with E-state index in [1.807, 2.05) is 13.8 Å². The van der Waals surface area contributed by atoms with E-state index in [0.717, 1.165) is 5.56 Å². The van der Waals surface area contributed by atoms with E-state index < -0.39 is 34.0 Å². The number of fused-ring (bicyclic) bond motifs is 3. The molecule has 3 aliphatic rings. The first-order chi connectivity index (χ1) is 13.2. The van der Waals surface area contributed by atoms with Crippen molar-refractivity contribution < 1.29 is 28.3 Å². The molecule has 28 heavy (non-hydrogen) atoms. The summed E-state index contributed by atoms with van der Waals surface area (Å²) in [5.41, 5.74) is -0.391. The number of methoxy groups -OCH3 is 1. The van der Waals surface area contributed by atoms with Gasteiger partial charge in [0.25, 0.3) is 0 Å². The second kappa shape index (κ2) is 6.65. The lowest BCUT2D eigenvalue weighted by atomic mass is 9.43. The number of ketones is 1. The Bertz CT molecular complexity index is 804. The highest BCUT2D eigenvalue weighted by Gasteiger charge is 2.66. The number of hydrogen-bond acceptors (Lipinski definition) is 7. The Kier molecular flexibility index (Phi) is 4.64. The number of ether oxygens (including phenoxy) is 2. The highest BCUT2D eigenvalue weighted by atomic mass is 32.1. The van der Waals surface area contributed by atoms with Crippen molar-refractivity contribution in [1.82, 2.24) is 0 Å². The summed E-state index contributed by atoms with van der Waals surface area (Å²) in [5.74, 6) is -1.78. The first-order valence-electron chi connectivity index (χ1n) is 9.74. The number of furan rings is 1. The number of cyclic esters (lactones) is 1. The molecule has 7 heteroatoms. The summed E-state index contributed by atoms with van der Waals surface area (Å²) in [5, 5.41) is -0.539. The second-order valence-corrected chi connectivity index (χ2v) is 9.58. The van der Waals surface area contributed by atoms with Crippen molar-refractivity contribution in [2.45, 2.75) is 50.9 Å². The molecule has 1 aromatic rings. The van der Waals surface area contributed by atoms with Crippen molar-refractivity contribution in [1.29, 1.82) is 0 Å². The van der Waals surface area contributed by atoms with Crippen molar-refractivity contribution >= 4 is 30.4 Å². The number of carbonyl (C=O) groups is 3. The van der Waals surface area contributed by atoms with Crippen LogP contribution >= 0.6 is 12.6 Å². The Morgan fingerprint density at radius 1 is 1.29 bits per heavy atom. The van der Waals surface area contributed by atoms with Gasteiger partial charge in [-0.15, -0.1) is 0 Å². The molecule has 4 rings (SSSR count). The number of hydrogen-bond donors (Lipinski definition) is 1. The van der Waals surface area contributed by atoms with Gasteiger partial charge < -0.3 is 13.9 Å². The van der Waals surface area contributed by atoms with Crippen LogP contribution in [-0.4, -0.2) is 30.1 Å². The lowest BCUT2D eigenvalue weighted by Crippen LogP contribution is -2.63. The van der Waals surface area contributed by atoms with Crippen LogP contribution in [0.15, 0.2) is 23.0 Å². The van der Waals surface area contributed by atoms with E-state index in [-0.39, 0.29) is 23.6 Å². The summed E-state index contributed by atoms with van der Waals surface area (Å²) in [6.07, 6.45) is 4.76. The zero-order valence-electron chi connectivity index (χ0n) is 16.3. The highest BCUT2D eigenvalue weighted by Crippen LogP contribution is 2.65. The van der Waals surface area contributed by atoms with Crippen LogP contribution in [0.1, 0.15) is 51.2 Å². The molecule has 152 valence electrons. The third-order valence-corrected chi connectivity index (χ3v) is 7.99. The van der Waals surface area contributed by atoms with E-state index in [1.54, 1.807) is 18.6 Å². The first-order valence-corrected chi connectivity index (χ1v) is 10.3. The number of thiol groups is 1. The molecule has 6 nitrogen and oxygen atoms in total. The smallest absolute Gasteiger partial charge is 0.310 e. The summed E-state index contributed by atoms with van der Waals surface area (Å²) in [6, 6.07) is 1.78. The van der Waals surface area contributed by atoms with Crippen LogP contribution in [0.3, 0.4) is 0 Å². The topological polar surface area (TPSA) is 82.8 Å². The van der Waals surface area contributed by atoms with Crippen molar-refractivity contribution in [3.05, 3.63) is 24.2 Å². The Balaban J connectivity index is 1.79. The van der Waals surface area contributed by atoms with Crippen molar-refractivity contribution in [3.8, 4) is 0 Å². The molecule has 2 saturated carbocycles. The van der Waals surface area contributed by atoms with E-state index in [4.69, 9.17) is 13.9 Å². The molecule has 3 fully saturated rings. The predicted octanol–water partition coefficient (Wildman–Crippen LogP) is 3.37. The highest BCUT2D eigenvalue weighted by molar-refractivity contribution is 7.81. The molecule has 0 amide bonds. The zero-order valence-corrected chi connectivity index (χ0v) is 17.2. The molecule has 1 aromatic heterocycles. The quantitative estimate of drug-likeness (QED) is 0.599. The van der Waals surface area contributed by atoms with E-state index in [9.17, 15) is 14.4 Å². The Hall–Kier alpha value is -1.76. The standard InChI is InChI=1S/C21H26O6S/c1-20-6-4-12-19(24)27-14(11-5-7-26-10-11)9-21(12,2)17(20)16(22)15(28)8-13(20)18(23)25-3/h5,7,10,12-15,17,28H,4,6,8-9H2,1-3H3/t12-,13-,14-,15-,17-,20-,21-/m0/s1. The number of esters is 2. The van der Waals surface area contributed by atoms with Crippen LogP contribution in [-0.2, 0) is 23.9 Å². The van der Waals surface area contributed by atoms with Gasteiger partial charge in [-0.05, 0) is 42.6 Å². The molecule has 2 heterocycles. The molecule has 0 N–H and O–H groups in total. The summed E-state index contributed by atoms with van der Waals surface area (Å²) < 4.78 is 16.0. The lowest BCUT2D eigenvalue weighted by molar-refractivity contribution is -0.202. The SMILES string of the molecule is COC(=O)[C@@H]1C[C@H](S)C(=O)[C@H]2[C@@]1(C)CC[C@H]1C(=O)O[C@H](c3ccoc3)C[C@]21C. The maximum absolute atomic E-state index is 13.4. The molecule has 1 saturated heterocycles. The van der Waals surface area contributed by atoms with E-state index in [1.165, 1.54) is 7.11 Å². The molecule has 0 aromatic carbocycles. The van der Waals surface area contributed by atoms with Crippen molar-refractivity contribution in [3.63, 3.8) is 0 Å².